The maximum absolute atomic E-state index is 5.79. The number of benzene rings is 1. The van der Waals surface area contributed by atoms with E-state index in [4.69, 9.17) is 18.9 Å². The lowest BCUT2D eigenvalue weighted by molar-refractivity contribution is -0.247. The van der Waals surface area contributed by atoms with Gasteiger partial charge >= 0.3 is 5.91 Å². The Hall–Kier alpha value is -1.66. The molecule has 0 fully saturated rings. The molecule has 0 amide bonds. The van der Waals surface area contributed by atoms with Gasteiger partial charge in [0.1, 0.15) is 0 Å². The van der Waals surface area contributed by atoms with Crippen molar-refractivity contribution < 1.29 is 18.9 Å². The third kappa shape index (κ3) is 2.41. The summed E-state index contributed by atoms with van der Waals surface area (Å²) in [5, 5.41) is 8.20. The molecule has 6 nitrogen and oxygen atoms in total. The van der Waals surface area contributed by atoms with Crippen LogP contribution in [0.3, 0.4) is 0 Å². The van der Waals surface area contributed by atoms with Gasteiger partial charge in [0.15, 0.2) is 17.2 Å². The van der Waals surface area contributed by atoms with E-state index in [1.807, 2.05) is 19.9 Å². The van der Waals surface area contributed by atoms with E-state index in [1.165, 1.54) is 7.11 Å². The average molecular weight is 266 g/mol. The van der Waals surface area contributed by atoms with Crippen LogP contribution in [0.2, 0.25) is 0 Å². The first-order valence-electron chi connectivity index (χ1n) is 5.88. The first kappa shape index (κ1) is 13.8. The van der Waals surface area contributed by atoms with E-state index in [-0.39, 0.29) is 0 Å². The number of hydrogen-bond acceptors (Lipinski definition) is 6. The number of ether oxygens (including phenoxy) is 4. The van der Waals surface area contributed by atoms with Crippen LogP contribution in [0.15, 0.2) is 28.4 Å². The smallest absolute Gasteiger partial charge is 0.317 e. The predicted octanol–water partition coefficient (Wildman–Crippen LogP) is 2.68. The van der Waals surface area contributed by atoms with Gasteiger partial charge in [-0.25, -0.2) is 0 Å². The van der Waals surface area contributed by atoms with Crippen LogP contribution < -0.4 is 9.47 Å². The molecule has 0 bridgehead atoms. The molecule has 1 aromatic carbocycles. The van der Waals surface area contributed by atoms with Crippen molar-refractivity contribution >= 4 is 0 Å². The topological polar surface area (TPSA) is 61.6 Å². The summed E-state index contributed by atoms with van der Waals surface area (Å²) in [4.78, 5) is 0. The van der Waals surface area contributed by atoms with Gasteiger partial charge in [0, 0.05) is 12.7 Å². The van der Waals surface area contributed by atoms with Crippen LogP contribution in [0, 0.1) is 0 Å². The maximum atomic E-state index is 5.79. The molecule has 1 aromatic rings. The Labute approximate surface area is 112 Å². The Morgan fingerprint density at radius 1 is 1.00 bits per heavy atom. The van der Waals surface area contributed by atoms with E-state index in [2.05, 4.69) is 10.2 Å². The van der Waals surface area contributed by atoms with E-state index < -0.39 is 11.6 Å². The van der Waals surface area contributed by atoms with E-state index >= 15 is 0 Å². The second-order valence-corrected chi connectivity index (χ2v) is 4.60. The van der Waals surface area contributed by atoms with Crippen LogP contribution in [0.1, 0.15) is 19.4 Å². The van der Waals surface area contributed by atoms with Crippen molar-refractivity contribution in [3.8, 4) is 11.5 Å². The minimum Gasteiger partial charge on any atom is -0.493 e. The lowest BCUT2D eigenvalue weighted by atomic mass is 10.1. The highest BCUT2D eigenvalue weighted by atomic mass is 16.7. The second-order valence-electron chi connectivity index (χ2n) is 4.60. The maximum Gasteiger partial charge on any atom is 0.317 e. The quantitative estimate of drug-likeness (QED) is 0.840. The van der Waals surface area contributed by atoms with Crippen molar-refractivity contribution in [2.24, 2.45) is 10.2 Å². The summed E-state index contributed by atoms with van der Waals surface area (Å²) in [6, 6.07) is 5.35. The highest BCUT2D eigenvalue weighted by Crippen LogP contribution is 2.42. The fourth-order valence-corrected chi connectivity index (χ4v) is 1.92. The highest BCUT2D eigenvalue weighted by Gasteiger charge is 2.45. The van der Waals surface area contributed by atoms with Crippen LogP contribution in [0.5, 0.6) is 11.5 Å². The molecule has 0 saturated carbocycles. The summed E-state index contributed by atoms with van der Waals surface area (Å²) in [5.41, 5.74) is -0.0228. The van der Waals surface area contributed by atoms with Crippen LogP contribution in [0.25, 0.3) is 0 Å². The second kappa shape index (κ2) is 4.79. The summed E-state index contributed by atoms with van der Waals surface area (Å²) < 4.78 is 21.7. The van der Waals surface area contributed by atoms with Crippen molar-refractivity contribution in [1.82, 2.24) is 0 Å². The summed E-state index contributed by atoms with van der Waals surface area (Å²) in [5.74, 6) is -0.0186. The number of nitrogens with zero attached hydrogens (tertiary/aromatic N) is 2. The van der Waals surface area contributed by atoms with Gasteiger partial charge in [-0.05, 0) is 32.0 Å². The zero-order chi connectivity index (χ0) is 14.1. The minimum atomic E-state index is -1.23. The molecule has 1 aliphatic heterocycles. The van der Waals surface area contributed by atoms with E-state index in [0.717, 1.165) is 0 Å². The standard InChI is InChI=1S/C13H18N2O4/c1-12(2)14-15-13(18-5,19-12)9-6-7-10(16-3)11(8-9)17-4/h6-8H,1-5H3. The average Bonchev–Trinajstić information content (AvgIpc) is 2.74. The fourth-order valence-electron chi connectivity index (χ4n) is 1.92. The Balaban J connectivity index is 2.43. The Bertz CT molecular complexity index is 501. The first-order chi connectivity index (χ1) is 8.96. The van der Waals surface area contributed by atoms with Crippen LogP contribution in [0.4, 0.5) is 0 Å². The summed E-state index contributed by atoms with van der Waals surface area (Å²) in [6.07, 6.45) is 0. The molecular formula is C13H18N2O4. The molecule has 0 saturated heterocycles. The van der Waals surface area contributed by atoms with Crippen molar-refractivity contribution in [2.75, 3.05) is 21.3 Å². The monoisotopic (exact) mass is 266 g/mol. The summed E-state index contributed by atoms with van der Waals surface area (Å²) in [6.45, 7) is 3.63. The van der Waals surface area contributed by atoms with Gasteiger partial charge in [-0.1, -0.05) is 0 Å². The van der Waals surface area contributed by atoms with Gasteiger partial charge in [0.05, 0.1) is 14.2 Å². The largest absolute Gasteiger partial charge is 0.493 e. The lowest BCUT2D eigenvalue weighted by Crippen LogP contribution is -2.32. The third-order valence-electron chi connectivity index (χ3n) is 2.84. The van der Waals surface area contributed by atoms with Gasteiger partial charge in [-0.2, -0.15) is 5.11 Å². The van der Waals surface area contributed by atoms with Crippen molar-refractivity contribution in [1.29, 1.82) is 0 Å². The van der Waals surface area contributed by atoms with Crippen LogP contribution >= 0.6 is 0 Å². The minimum absolute atomic E-state index is 0.583. The highest BCUT2D eigenvalue weighted by molar-refractivity contribution is 5.44. The normalized spacial score (nSPS) is 24.5. The Kier molecular flexibility index (Phi) is 3.47. The van der Waals surface area contributed by atoms with Gasteiger partial charge in [0.2, 0.25) is 0 Å². The number of methoxy groups -OCH3 is 3. The first-order valence-corrected chi connectivity index (χ1v) is 5.88. The molecule has 104 valence electrons. The number of azo groups is 1. The molecule has 19 heavy (non-hydrogen) atoms. The molecule has 0 aromatic heterocycles. The van der Waals surface area contributed by atoms with Crippen LogP contribution in [-0.4, -0.2) is 27.1 Å². The zero-order valence-electron chi connectivity index (χ0n) is 11.8. The molecule has 0 spiro atoms. The fraction of sp³-hybridized carbons (Fsp3) is 0.538. The summed E-state index contributed by atoms with van der Waals surface area (Å²) >= 11 is 0. The van der Waals surface area contributed by atoms with Gasteiger partial charge < -0.3 is 14.2 Å². The van der Waals surface area contributed by atoms with Gasteiger partial charge in [-0.3, -0.25) is 4.74 Å². The van der Waals surface area contributed by atoms with Crippen molar-refractivity contribution in [3.05, 3.63) is 23.8 Å². The third-order valence-corrected chi connectivity index (χ3v) is 2.84. The number of hydrogen-bond donors (Lipinski definition) is 0. The molecule has 1 atom stereocenters. The van der Waals surface area contributed by atoms with Crippen LogP contribution in [-0.2, 0) is 15.4 Å². The molecule has 1 unspecified atom stereocenters. The number of rotatable bonds is 4. The SMILES string of the molecule is COc1ccc(C2(OC)N=NC(C)(C)O2)cc1OC. The molecule has 2 rings (SSSR count). The van der Waals surface area contributed by atoms with Gasteiger partial charge in [-0.15, -0.1) is 5.11 Å². The van der Waals surface area contributed by atoms with Crippen molar-refractivity contribution in [3.63, 3.8) is 0 Å². The zero-order valence-corrected chi connectivity index (χ0v) is 11.8. The van der Waals surface area contributed by atoms with Gasteiger partial charge in [0.25, 0.3) is 0 Å². The Morgan fingerprint density at radius 3 is 2.16 bits per heavy atom. The molecule has 0 N–H and O–H groups in total. The molecule has 1 heterocycles. The molecular weight excluding hydrogens is 248 g/mol. The molecule has 1 aliphatic rings. The Morgan fingerprint density at radius 2 is 1.68 bits per heavy atom. The predicted molar refractivity (Wildman–Crippen MR) is 68.3 cm³/mol. The lowest BCUT2D eigenvalue weighted by Gasteiger charge is -2.26. The van der Waals surface area contributed by atoms with Crippen molar-refractivity contribution in [2.45, 2.75) is 25.5 Å². The van der Waals surface area contributed by atoms with E-state index in [0.29, 0.717) is 17.1 Å². The molecule has 0 aliphatic carbocycles. The summed E-state index contributed by atoms with van der Waals surface area (Å²) in [7, 11) is 4.68. The molecule has 0 radical (unpaired) electrons. The van der Waals surface area contributed by atoms with E-state index in [1.54, 1.807) is 26.4 Å². The molecule has 6 heteroatoms. The van der Waals surface area contributed by atoms with E-state index in [9.17, 15) is 0 Å².